The maximum absolute atomic E-state index is 11.2. The molecular formula is C18H14N6O4. The number of H-pyrrole nitrogens is 2. The van der Waals surface area contributed by atoms with Crippen molar-refractivity contribution in [2.24, 2.45) is 0 Å². The van der Waals surface area contributed by atoms with Crippen molar-refractivity contribution in [3.05, 3.63) is 59.9 Å². The average molecular weight is 378 g/mol. The Balaban J connectivity index is 1.61. The second kappa shape index (κ2) is 7.02. The Morgan fingerprint density at radius 1 is 0.750 bits per heavy atom. The van der Waals surface area contributed by atoms with E-state index in [1.807, 2.05) is 24.3 Å². The normalized spacial score (nSPS) is 11.1. The number of nitrogens with one attached hydrogen (secondary N) is 2. The van der Waals surface area contributed by atoms with Crippen molar-refractivity contribution in [2.75, 3.05) is 0 Å². The van der Waals surface area contributed by atoms with Gasteiger partial charge in [0.25, 0.3) is 0 Å². The summed E-state index contributed by atoms with van der Waals surface area (Å²) in [7, 11) is 0. The molecule has 0 atom stereocenters. The standard InChI is InChI=1S/C18H14N6O4/c25-17(26)15-13(19-23-21-15)11-5-1-9(2-6-11)10-3-7-12(8-4-10)14-16(18(27)28)22-24-20-14/h1-8,17,25-26H,(H,27,28)(H,19,21,23)(H,20,22,24). The van der Waals surface area contributed by atoms with Crippen LogP contribution in [-0.4, -0.2) is 52.1 Å². The summed E-state index contributed by atoms with van der Waals surface area (Å²) < 4.78 is 0. The van der Waals surface area contributed by atoms with E-state index >= 15 is 0 Å². The summed E-state index contributed by atoms with van der Waals surface area (Å²) in [6.45, 7) is 0. The minimum Gasteiger partial charge on any atom is -0.476 e. The molecule has 2 aromatic heterocycles. The summed E-state index contributed by atoms with van der Waals surface area (Å²) >= 11 is 0. The molecule has 0 amide bonds. The van der Waals surface area contributed by atoms with Crippen molar-refractivity contribution < 1.29 is 20.1 Å². The van der Waals surface area contributed by atoms with Gasteiger partial charge in [0.15, 0.2) is 12.0 Å². The fourth-order valence-electron chi connectivity index (χ4n) is 2.85. The predicted octanol–water partition coefficient (Wildman–Crippen LogP) is 1.61. The maximum atomic E-state index is 11.2. The SMILES string of the molecule is O=C(O)c1[nH]nnc1-c1ccc(-c2ccc(-c3nn[nH]c3C(O)O)cc2)cc1. The van der Waals surface area contributed by atoms with Crippen molar-refractivity contribution in [2.45, 2.75) is 6.29 Å². The Bertz CT molecular complexity index is 1120. The highest BCUT2D eigenvalue weighted by atomic mass is 16.5. The summed E-state index contributed by atoms with van der Waals surface area (Å²) in [5, 5.41) is 47.5. The monoisotopic (exact) mass is 378 g/mol. The van der Waals surface area contributed by atoms with E-state index < -0.39 is 12.3 Å². The smallest absolute Gasteiger partial charge is 0.356 e. The van der Waals surface area contributed by atoms with Crippen molar-refractivity contribution in [1.29, 1.82) is 0 Å². The third-order valence-electron chi connectivity index (χ3n) is 4.25. The molecule has 0 saturated carbocycles. The number of carboxylic acid groups (broad SMARTS) is 1. The number of nitrogens with zero attached hydrogens (tertiary/aromatic N) is 4. The van der Waals surface area contributed by atoms with E-state index in [2.05, 4.69) is 30.8 Å². The first kappa shape index (κ1) is 17.5. The molecule has 0 saturated heterocycles. The van der Waals surface area contributed by atoms with Crippen LogP contribution in [0.5, 0.6) is 0 Å². The molecule has 4 rings (SSSR count). The third-order valence-corrected chi connectivity index (χ3v) is 4.25. The molecule has 28 heavy (non-hydrogen) atoms. The van der Waals surface area contributed by atoms with Crippen molar-refractivity contribution in [1.82, 2.24) is 30.8 Å². The van der Waals surface area contributed by atoms with Crippen LogP contribution in [0.4, 0.5) is 0 Å². The van der Waals surface area contributed by atoms with Gasteiger partial charge in [-0.3, -0.25) is 10.2 Å². The van der Waals surface area contributed by atoms with Crippen LogP contribution in [0.3, 0.4) is 0 Å². The molecule has 2 heterocycles. The van der Waals surface area contributed by atoms with Crippen LogP contribution in [0.15, 0.2) is 48.5 Å². The first-order chi connectivity index (χ1) is 13.5. The third kappa shape index (κ3) is 3.13. The number of aromatic amines is 2. The van der Waals surface area contributed by atoms with E-state index in [0.29, 0.717) is 16.8 Å². The number of rotatable bonds is 5. The van der Waals surface area contributed by atoms with Crippen LogP contribution >= 0.6 is 0 Å². The number of aliphatic hydroxyl groups is 2. The first-order valence-electron chi connectivity index (χ1n) is 8.17. The zero-order valence-electron chi connectivity index (χ0n) is 14.2. The molecule has 0 spiro atoms. The Kier molecular flexibility index (Phi) is 4.39. The van der Waals surface area contributed by atoms with E-state index in [1.54, 1.807) is 24.3 Å². The van der Waals surface area contributed by atoms with Crippen LogP contribution < -0.4 is 0 Å². The van der Waals surface area contributed by atoms with E-state index in [9.17, 15) is 15.0 Å². The van der Waals surface area contributed by atoms with Gasteiger partial charge in [-0.05, 0) is 11.1 Å². The number of hydrogen-bond donors (Lipinski definition) is 5. The van der Waals surface area contributed by atoms with E-state index in [4.69, 9.17) is 5.11 Å². The number of carboxylic acids is 1. The van der Waals surface area contributed by atoms with Crippen molar-refractivity contribution in [3.63, 3.8) is 0 Å². The highest BCUT2D eigenvalue weighted by Gasteiger charge is 2.17. The number of aromatic nitrogens is 6. The lowest BCUT2D eigenvalue weighted by atomic mass is 10.00. The van der Waals surface area contributed by atoms with Gasteiger partial charge in [-0.2, -0.15) is 0 Å². The molecule has 0 aliphatic rings. The quantitative estimate of drug-likeness (QED) is 0.327. The molecule has 140 valence electrons. The molecule has 10 nitrogen and oxygen atoms in total. The molecule has 0 fully saturated rings. The topological polar surface area (TPSA) is 161 Å². The summed E-state index contributed by atoms with van der Waals surface area (Å²) in [6, 6.07) is 14.6. The van der Waals surface area contributed by atoms with Gasteiger partial charge in [-0.1, -0.05) is 59.0 Å². The van der Waals surface area contributed by atoms with Gasteiger partial charge in [0, 0.05) is 11.1 Å². The first-order valence-corrected chi connectivity index (χ1v) is 8.17. The number of aliphatic hydroxyl groups excluding tert-OH is 1. The Hall–Kier alpha value is -3.89. The molecule has 0 aliphatic heterocycles. The lowest BCUT2D eigenvalue weighted by Crippen LogP contribution is -1.99. The van der Waals surface area contributed by atoms with Crippen molar-refractivity contribution in [3.8, 4) is 33.6 Å². The van der Waals surface area contributed by atoms with Gasteiger partial charge >= 0.3 is 5.97 Å². The molecule has 0 radical (unpaired) electrons. The number of aromatic carboxylic acids is 1. The zero-order valence-corrected chi connectivity index (χ0v) is 14.2. The summed E-state index contributed by atoms with van der Waals surface area (Å²) in [5.74, 6) is -1.13. The molecule has 0 unspecified atom stereocenters. The Morgan fingerprint density at radius 3 is 1.75 bits per heavy atom. The minimum atomic E-state index is -1.69. The fourth-order valence-corrected chi connectivity index (χ4v) is 2.85. The molecule has 0 aliphatic carbocycles. The van der Waals surface area contributed by atoms with Crippen LogP contribution in [-0.2, 0) is 0 Å². The number of hydrogen-bond acceptors (Lipinski definition) is 7. The van der Waals surface area contributed by atoms with Crippen LogP contribution in [0.25, 0.3) is 33.6 Å². The van der Waals surface area contributed by atoms with Crippen LogP contribution in [0.1, 0.15) is 22.5 Å². The Morgan fingerprint density at radius 2 is 1.21 bits per heavy atom. The maximum Gasteiger partial charge on any atom is 0.356 e. The Labute approximate surface area is 157 Å². The van der Waals surface area contributed by atoms with Crippen molar-refractivity contribution >= 4 is 5.97 Å². The van der Waals surface area contributed by atoms with E-state index in [1.165, 1.54) is 0 Å². The molecule has 0 bridgehead atoms. The minimum absolute atomic E-state index is 0.0633. The van der Waals surface area contributed by atoms with Gasteiger partial charge < -0.3 is 15.3 Å². The second-order valence-corrected chi connectivity index (χ2v) is 5.94. The fraction of sp³-hybridized carbons (Fsp3) is 0.0556. The summed E-state index contributed by atoms with van der Waals surface area (Å²) in [6.07, 6.45) is -1.69. The molecule has 10 heteroatoms. The largest absolute Gasteiger partial charge is 0.476 e. The van der Waals surface area contributed by atoms with Crippen LogP contribution in [0.2, 0.25) is 0 Å². The second-order valence-electron chi connectivity index (χ2n) is 5.94. The lowest BCUT2D eigenvalue weighted by Gasteiger charge is -2.06. The predicted molar refractivity (Wildman–Crippen MR) is 96.8 cm³/mol. The van der Waals surface area contributed by atoms with Gasteiger partial charge in [-0.15, -0.1) is 10.2 Å². The highest BCUT2D eigenvalue weighted by molar-refractivity contribution is 5.92. The molecule has 5 N–H and O–H groups in total. The zero-order chi connectivity index (χ0) is 19.7. The van der Waals surface area contributed by atoms with E-state index in [0.717, 1.165) is 11.1 Å². The van der Waals surface area contributed by atoms with Gasteiger partial charge in [0.1, 0.15) is 17.1 Å². The summed E-state index contributed by atoms with van der Waals surface area (Å²) in [4.78, 5) is 11.2. The number of benzene rings is 2. The number of carbonyl (C=O) groups is 1. The van der Waals surface area contributed by atoms with Gasteiger partial charge in [0.2, 0.25) is 0 Å². The average Bonchev–Trinajstić information content (AvgIpc) is 3.38. The summed E-state index contributed by atoms with van der Waals surface area (Å²) in [5.41, 5.74) is 3.86. The highest BCUT2D eigenvalue weighted by Crippen LogP contribution is 2.28. The van der Waals surface area contributed by atoms with E-state index in [-0.39, 0.29) is 17.1 Å². The lowest BCUT2D eigenvalue weighted by molar-refractivity contribution is -0.0454. The van der Waals surface area contributed by atoms with Gasteiger partial charge in [0.05, 0.1) is 0 Å². The van der Waals surface area contributed by atoms with Crippen LogP contribution in [0, 0.1) is 0 Å². The molecule has 2 aromatic carbocycles. The molecule has 4 aromatic rings. The molecular weight excluding hydrogens is 364 g/mol. The van der Waals surface area contributed by atoms with Gasteiger partial charge in [-0.25, -0.2) is 4.79 Å².